The molecule has 16 heavy (non-hydrogen) atoms. The van der Waals surface area contributed by atoms with Gasteiger partial charge < -0.3 is 10.1 Å². The first-order valence-electron chi connectivity index (χ1n) is 5.21. The van der Waals surface area contributed by atoms with Crippen molar-refractivity contribution in [2.24, 2.45) is 0 Å². The molecule has 0 rings (SSSR count). The Morgan fingerprint density at radius 1 is 1.50 bits per heavy atom. The molecule has 0 spiro atoms. The summed E-state index contributed by atoms with van der Waals surface area (Å²) < 4.78 is 4.90. The predicted octanol–water partition coefficient (Wildman–Crippen LogP) is 1.11. The Kier molecular flexibility index (Phi) is 9.62. The number of carbonyl (C=O) groups is 2. The minimum atomic E-state index is -0.528. The molecule has 6 heteroatoms. The third-order valence-corrected chi connectivity index (χ3v) is 2.72. The largest absolute Gasteiger partial charge is 0.464 e. The van der Waals surface area contributed by atoms with Crippen LogP contribution < -0.4 is 5.32 Å². The van der Waals surface area contributed by atoms with Crippen molar-refractivity contribution in [3.05, 3.63) is 0 Å². The summed E-state index contributed by atoms with van der Waals surface area (Å²) in [5, 5.41) is 2.66. The second-order valence-corrected chi connectivity index (χ2v) is 4.56. The van der Waals surface area contributed by atoms with Crippen LogP contribution in [0.5, 0.6) is 0 Å². The molecule has 0 aliphatic heterocycles. The first-order valence-corrected chi connectivity index (χ1v) is 7.24. The molecular formula is C10H19NO3S2. The number of thioether (sulfide) groups is 1. The third-order valence-electron chi connectivity index (χ3n) is 1.86. The van der Waals surface area contributed by atoms with Crippen molar-refractivity contribution >= 4 is 36.3 Å². The van der Waals surface area contributed by atoms with Crippen LogP contribution in [0.2, 0.25) is 0 Å². The number of amides is 1. The number of nitrogens with one attached hydrogen (secondary N) is 1. The lowest BCUT2D eigenvalue weighted by Gasteiger charge is -2.16. The number of thiol groups is 1. The van der Waals surface area contributed by atoms with Crippen LogP contribution >= 0.6 is 24.4 Å². The maximum Gasteiger partial charge on any atom is 0.328 e. The van der Waals surface area contributed by atoms with E-state index in [9.17, 15) is 9.59 Å². The molecule has 0 bridgehead atoms. The zero-order valence-corrected chi connectivity index (χ0v) is 11.4. The Hall–Kier alpha value is -0.360. The minimum absolute atomic E-state index is 0.158. The van der Waals surface area contributed by atoms with Gasteiger partial charge in [-0.05, 0) is 31.1 Å². The van der Waals surface area contributed by atoms with Gasteiger partial charge >= 0.3 is 5.97 Å². The highest BCUT2D eigenvalue weighted by Gasteiger charge is 2.20. The van der Waals surface area contributed by atoms with E-state index in [4.69, 9.17) is 4.74 Å². The lowest BCUT2D eigenvalue weighted by atomic mass is 10.2. The average Bonchev–Trinajstić information content (AvgIpc) is 2.24. The van der Waals surface area contributed by atoms with E-state index in [0.717, 1.165) is 5.75 Å². The van der Waals surface area contributed by atoms with Gasteiger partial charge in [0, 0.05) is 6.42 Å². The van der Waals surface area contributed by atoms with E-state index in [1.165, 1.54) is 0 Å². The second kappa shape index (κ2) is 9.84. The quantitative estimate of drug-likeness (QED) is 0.510. The molecule has 94 valence electrons. The van der Waals surface area contributed by atoms with Crippen LogP contribution in [0.3, 0.4) is 0 Å². The molecular weight excluding hydrogens is 246 g/mol. The molecule has 0 radical (unpaired) electrons. The SMILES string of the molecule is CCOC(=O)C(CCSC)NC(=O)CCS. The van der Waals surface area contributed by atoms with E-state index in [-0.39, 0.29) is 11.9 Å². The fraction of sp³-hybridized carbons (Fsp3) is 0.800. The zero-order chi connectivity index (χ0) is 12.4. The Bertz CT molecular complexity index is 224. The summed E-state index contributed by atoms with van der Waals surface area (Å²) in [5.41, 5.74) is 0. The van der Waals surface area contributed by atoms with Crippen LogP contribution in [-0.2, 0) is 14.3 Å². The molecule has 0 aliphatic carbocycles. The predicted molar refractivity (Wildman–Crippen MR) is 70.0 cm³/mol. The van der Waals surface area contributed by atoms with Crippen molar-refractivity contribution in [2.75, 3.05) is 24.4 Å². The molecule has 1 unspecified atom stereocenters. The summed E-state index contributed by atoms with van der Waals surface area (Å²) in [7, 11) is 0. The number of rotatable bonds is 8. The van der Waals surface area contributed by atoms with Gasteiger partial charge in [0.15, 0.2) is 0 Å². The van der Waals surface area contributed by atoms with Gasteiger partial charge in [-0.25, -0.2) is 4.79 Å². The van der Waals surface area contributed by atoms with Crippen molar-refractivity contribution in [3.8, 4) is 0 Å². The van der Waals surface area contributed by atoms with E-state index in [1.807, 2.05) is 6.26 Å². The van der Waals surface area contributed by atoms with Gasteiger partial charge in [-0.15, -0.1) is 0 Å². The van der Waals surface area contributed by atoms with Gasteiger partial charge in [0.25, 0.3) is 0 Å². The second-order valence-electron chi connectivity index (χ2n) is 3.13. The van der Waals surface area contributed by atoms with Gasteiger partial charge in [0.05, 0.1) is 6.61 Å². The fourth-order valence-corrected chi connectivity index (χ4v) is 1.77. The van der Waals surface area contributed by atoms with E-state index in [0.29, 0.717) is 25.2 Å². The lowest BCUT2D eigenvalue weighted by Crippen LogP contribution is -2.42. The molecule has 0 aromatic heterocycles. The molecule has 1 N–H and O–H groups in total. The smallest absolute Gasteiger partial charge is 0.328 e. The van der Waals surface area contributed by atoms with E-state index < -0.39 is 6.04 Å². The topological polar surface area (TPSA) is 55.4 Å². The first kappa shape index (κ1) is 15.6. The molecule has 0 aromatic carbocycles. The summed E-state index contributed by atoms with van der Waals surface area (Å²) in [6.45, 7) is 2.08. The third kappa shape index (κ3) is 7.00. The minimum Gasteiger partial charge on any atom is -0.464 e. The maximum absolute atomic E-state index is 11.5. The zero-order valence-electron chi connectivity index (χ0n) is 9.69. The van der Waals surface area contributed by atoms with Gasteiger partial charge in [-0.3, -0.25) is 4.79 Å². The molecule has 0 aromatic rings. The fourth-order valence-electron chi connectivity index (χ4n) is 1.10. The van der Waals surface area contributed by atoms with Crippen LogP contribution in [0.25, 0.3) is 0 Å². The van der Waals surface area contributed by atoms with Gasteiger partial charge in [0.1, 0.15) is 6.04 Å². The van der Waals surface area contributed by atoms with Crippen molar-refractivity contribution in [3.63, 3.8) is 0 Å². The molecule has 0 fully saturated rings. The molecule has 1 atom stereocenters. The van der Waals surface area contributed by atoms with Gasteiger partial charge in [-0.2, -0.15) is 24.4 Å². The summed E-state index contributed by atoms with van der Waals surface area (Å²) in [4.78, 5) is 22.9. The van der Waals surface area contributed by atoms with E-state index in [1.54, 1.807) is 18.7 Å². The summed E-state index contributed by atoms with van der Waals surface area (Å²) in [6, 6.07) is -0.528. The highest BCUT2D eigenvalue weighted by Crippen LogP contribution is 2.03. The van der Waals surface area contributed by atoms with Crippen LogP contribution in [0, 0.1) is 0 Å². The monoisotopic (exact) mass is 265 g/mol. The number of carbonyl (C=O) groups excluding carboxylic acids is 2. The normalized spacial score (nSPS) is 11.9. The van der Waals surface area contributed by atoms with Crippen LogP contribution in [0.1, 0.15) is 19.8 Å². The molecule has 0 heterocycles. The number of hydrogen-bond acceptors (Lipinski definition) is 5. The molecule has 0 saturated carbocycles. The maximum atomic E-state index is 11.5. The number of ether oxygens (including phenoxy) is 1. The van der Waals surface area contributed by atoms with Crippen molar-refractivity contribution in [2.45, 2.75) is 25.8 Å². The summed E-state index contributed by atoms with van der Waals surface area (Å²) >= 11 is 5.60. The summed E-state index contributed by atoms with van der Waals surface area (Å²) in [6.07, 6.45) is 2.87. The highest BCUT2D eigenvalue weighted by atomic mass is 32.2. The first-order chi connectivity index (χ1) is 7.65. The Labute approximate surface area is 106 Å². The average molecular weight is 265 g/mol. The van der Waals surface area contributed by atoms with Crippen LogP contribution in [0.4, 0.5) is 0 Å². The molecule has 0 aliphatic rings. The molecule has 4 nitrogen and oxygen atoms in total. The molecule has 1 amide bonds. The van der Waals surface area contributed by atoms with Gasteiger partial charge in [-0.1, -0.05) is 0 Å². The standard InChI is InChI=1S/C10H19NO3S2/c1-3-14-10(13)8(5-7-16-2)11-9(12)4-6-15/h8,15H,3-7H2,1-2H3,(H,11,12). The van der Waals surface area contributed by atoms with Gasteiger partial charge in [0.2, 0.25) is 5.91 Å². The number of hydrogen-bond donors (Lipinski definition) is 2. The number of esters is 1. The van der Waals surface area contributed by atoms with Crippen LogP contribution in [0.15, 0.2) is 0 Å². The van der Waals surface area contributed by atoms with E-state index in [2.05, 4.69) is 17.9 Å². The van der Waals surface area contributed by atoms with Crippen molar-refractivity contribution in [1.29, 1.82) is 0 Å². The Morgan fingerprint density at radius 3 is 2.69 bits per heavy atom. The Morgan fingerprint density at radius 2 is 2.19 bits per heavy atom. The van der Waals surface area contributed by atoms with E-state index >= 15 is 0 Å². The Balaban J connectivity index is 4.18. The summed E-state index contributed by atoms with van der Waals surface area (Å²) in [5.74, 6) is 0.771. The highest BCUT2D eigenvalue weighted by molar-refractivity contribution is 7.98. The van der Waals surface area contributed by atoms with Crippen LogP contribution in [-0.4, -0.2) is 42.3 Å². The van der Waals surface area contributed by atoms with Crippen molar-refractivity contribution in [1.82, 2.24) is 5.32 Å². The molecule has 0 saturated heterocycles. The van der Waals surface area contributed by atoms with Crippen molar-refractivity contribution < 1.29 is 14.3 Å². The lowest BCUT2D eigenvalue weighted by molar-refractivity contribution is -0.147.